The average Bonchev–Trinajstić information content (AvgIpc) is 2.74. The van der Waals surface area contributed by atoms with Crippen LogP contribution in [0.5, 0.6) is 11.5 Å². The molecule has 1 aliphatic rings. The van der Waals surface area contributed by atoms with E-state index in [0.29, 0.717) is 23.8 Å². The summed E-state index contributed by atoms with van der Waals surface area (Å²) in [6, 6.07) is 9.73. The number of carbonyl (C=O) groups excluding carboxylic acids is 1. The smallest absolute Gasteiger partial charge is 0.224 e. The van der Waals surface area contributed by atoms with Gasteiger partial charge < -0.3 is 14.8 Å². The number of nitrogens with one attached hydrogen (secondary N) is 1. The Balaban J connectivity index is 1.40. The van der Waals surface area contributed by atoms with Gasteiger partial charge in [0.2, 0.25) is 5.91 Å². The summed E-state index contributed by atoms with van der Waals surface area (Å²) < 4.78 is 10.5. The molecule has 1 amide bonds. The Kier molecular flexibility index (Phi) is 7.25. The standard InChI is InChI=1S/C22H29N3O3/c1-27-20-4-3-19(13-21(20)28-2)14-22(26)24-15-17-7-11-25(12-8-17)16-18-5-9-23-10-6-18/h3-6,9-10,13,17H,7-8,11-12,14-16H2,1-2H3,(H,24,26). The Morgan fingerprint density at radius 3 is 2.46 bits per heavy atom. The van der Waals surface area contributed by atoms with Crippen molar-refractivity contribution in [3.05, 3.63) is 53.9 Å². The molecule has 6 nitrogen and oxygen atoms in total. The number of amides is 1. The van der Waals surface area contributed by atoms with Crippen molar-refractivity contribution in [3.63, 3.8) is 0 Å². The molecule has 6 heteroatoms. The van der Waals surface area contributed by atoms with Gasteiger partial charge in [0.1, 0.15) is 0 Å². The summed E-state index contributed by atoms with van der Waals surface area (Å²) in [6.45, 7) is 3.85. The lowest BCUT2D eigenvalue weighted by molar-refractivity contribution is -0.120. The summed E-state index contributed by atoms with van der Waals surface area (Å²) in [7, 11) is 3.20. The number of aromatic nitrogens is 1. The van der Waals surface area contributed by atoms with E-state index in [2.05, 4.69) is 27.3 Å². The van der Waals surface area contributed by atoms with Gasteiger partial charge in [-0.2, -0.15) is 0 Å². The summed E-state index contributed by atoms with van der Waals surface area (Å²) in [5, 5.41) is 3.09. The summed E-state index contributed by atoms with van der Waals surface area (Å²) in [6.07, 6.45) is 6.26. The molecule has 2 heterocycles. The lowest BCUT2D eigenvalue weighted by atomic mass is 9.96. The minimum Gasteiger partial charge on any atom is -0.493 e. The Labute approximate surface area is 166 Å². The SMILES string of the molecule is COc1ccc(CC(=O)NCC2CCN(Cc3ccncc3)CC2)cc1OC. The number of likely N-dealkylation sites (tertiary alicyclic amines) is 1. The molecule has 1 fully saturated rings. The van der Waals surface area contributed by atoms with Gasteiger partial charge in [-0.25, -0.2) is 0 Å². The molecule has 150 valence electrons. The summed E-state index contributed by atoms with van der Waals surface area (Å²) in [5.74, 6) is 1.91. The van der Waals surface area contributed by atoms with E-state index < -0.39 is 0 Å². The lowest BCUT2D eigenvalue weighted by Gasteiger charge is -2.32. The van der Waals surface area contributed by atoms with Crippen molar-refractivity contribution in [1.29, 1.82) is 0 Å². The van der Waals surface area contributed by atoms with Gasteiger partial charge in [-0.1, -0.05) is 6.07 Å². The number of methoxy groups -OCH3 is 2. The van der Waals surface area contributed by atoms with Crippen molar-refractivity contribution in [2.24, 2.45) is 5.92 Å². The van der Waals surface area contributed by atoms with Gasteiger partial charge in [-0.05, 0) is 67.2 Å². The number of piperidine rings is 1. The van der Waals surface area contributed by atoms with Crippen molar-refractivity contribution >= 4 is 5.91 Å². The van der Waals surface area contributed by atoms with Gasteiger partial charge in [0.15, 0.2) is 11.5 Å². The predicted octanol–water partition coefficient (Wildman–Crippen LogP) is 2.67. The minimum atomic E-state index is 0.0476. The van der Waals surface area contributed by atoms with Crippen LogP contribution in [0.25, 0.3) is 0 Å². The molecule has 1 N–H and O–H groups in total. The van der Waals surface area contributed by atoms with Gasteiger partial charge in [0, 0.05) is 25.5 Å². The van der Waals surface area contributed by atoms with Crippen LogP contribution < -0.4 is 14.8 Å². The first-order valence-electron chi connectivity index (χ1n) is 9.76. The largest absolute Gasteiger partial charge is 0.493 e. The van der Waals surface area contributed by atoms with E-state index in [1.54, 1.807) is 14.2 Å². The second-order valence-electron chi connectivity index (χ2n) is 7.25. The van der Waals surface area contributed by atoms with Crippen molar-refractivity contribution < 1.29 is 14.3 Å². The molecule has 0 saturated carbocycles. The molecule has 1 saturated heterocycles. The van der Waals surface area contributed by atoms with Crippen molar-refractivity contribution in [3.8, 4) is 11.5 Å². The number of carbonyl (C=O) groups is 1. The first-order chi connectivity index (χ1) is 13.7. The van der Waals surface area contributed by atoms with E-state index >= 15 is 0 Å². The molecule has 0 atom stereocenters. The number of nitrogens with zero attached hydrogens (tertiary/aromatic N) is 2. The van der Waals surface area contributed by atoms with E-state index in [0.717, 1.165) is 44.6 Å². The first-order valence-corrected chi connectivity index (χ1v) is 9.76. The van der Waals surface area contributed by atoms with Crippen LogP contribution in [-0.2, 0) is 17.8 Å². The zero-order chi connectivity index (χ0) is 19.8. The molecule has 1 aliphatic heterocycles. The third-order valence-electron chi connectivity index (χ3n) is 5.26. The number of ether oxygens (including phenoxy) is 2. The predicted molar refractivity (Wildman–Crippen MR) is 108 cm³/mol. The van der Waals surface area contributed by atoms with Crippen LogP contribution in [0.3, 0.4) is 0 Å². The molecule has 1 aromatic heterocycles. The fourth-order valence-corrected chi connectivity index (χ4v) is 3.59. The maximum absolute atomic E-state index is 12.3. The van der Waals surface area contributed by atoms with Gasteiger partial charge in [0.25, 0.3) is 0 Å². The fourth-order valence-electron chi connectivity index (χ4n) is 3.59. The van der Waals surface area contributed by atoms with Crippen LogP contribution >= 0.6 is 0 Å². The molecule has 0 bridgehead atoms. The third-order valence-corrected chi connectivity index (χ3v) is 5.26. The highest BCUT2D eigenvalue weighted by molar-refractivity contribution is 5.78. The maximum atomic E-state index is 12.3. The van der Waals surface area contributed by atoms with Gasteiger partial charge in [-0.3, -0.25) is 14.7 Å². The molecule has 0 aliphatic carbocycles. The Morgan fingerprint density at radius 2 is 1.79 bits per heavy atom. The normalized spacial score (nSPS) is 15.2. The number of pyridine rings is 1. The number of rotatable bonds is 8. The molecule has 28 heavy (non-hydrogen) atoms. The lowest BCUT2D eigenvalue weighted by Crippen LogP contribution is -2.38. The Morgan fingerprint density at radius 1 is 1.07 bits per heavy atom. The number of benzene rings is 1. The molecule has 0 spiro atoms. The van der Waals surface area contributed by atoms with Crippen molar-refractivity contribution in [1.82, 2.24) is 15.2 Å². The van der Waals surface area contributed by atoms with Crippen molar-refractivity contribution in [2.45, 2.75) is 25.8 Å². The quantitative estimate of drug-likeness (QED) is 0.759. The first kappa shape index (κ1) is 20.1. The van der Waals surface area contributed by atoms with E-state index in [1.165, 1.54) is 5.56 Å². The van der Waals surface area contributed by atoms with E-state index in [9.17, 15) is 4.79 Å². The van der Waals surface area contributed by atoms with Crippen LogP contribution in [0.2, 0.25) is 0 Å². The molecular weight excluding hydrogens is 354 g/mol. The van der Waals surface area contributed by atoms with Gasteiger partial charge >= 0.3 is 0 Å². The highest BCUT2D eigenvalue weighted by Crippen LogP contribution is 2.27. The second-order valence-corrected chi connectivity index (χ2v) is 7.25. The zero-order valence-corrected chi connectivity index (χ0v) is 16.7. The summed E-state index contributed by atoms with van der Waals surface area (Å²) in [5.41, 5.74) is 2.22. The molecular formula is C22H29N3O3. The fraction of sp³-hybridized carbons (Fsp3) is 0.455. The van der Waals surface area contributed by atoms with E-state index in [1.807, 2.05) is 30.6 Å². The monoisotopic (exact) mass is 383 g/mol. The van der Waals surface area contributed by atoms with E-state index in [4.69, 9.17) is 9.47 Å². The molecule has 1 aromatic carbocycles. The molecule has 0 radical (unpaired) electrons. The van der Waals surface area contributed by atoms with Crippen LogP contribution in [0.4, 0.5) is 0 Å². The topological polar surface area (TPSA) is 63.7 Å². The highest BCUT2D eigenvalue weighted by atomic mass is 16.5. The van der Waals surface area contributed by atoms with Crippen LogP contribution in [0.1, 0.15) is 24.0 Å². The summed E-state index contributed by atoms with van der Waals surface area (Å²) in [4.78, 5) is 18.9. The molecule has 3 rings (SSSR count). The maximum Gasteiger partial charge on any atom is 0.224 e. The zero-order valence-electron chi connectivity index (χ0n) is 16.7. The highest BCUT2D eigenvalue weighted by Gasteiger charge is 2.20. The minimum absolute atomic E-state index is 0.0476. The van der Waals surface area contributed by atoms with Gasteiger partial charge in [-0.15, -0.1) is 0 Å². The third kappa shape index (κ3) is 5.70. The number of hydrogen-bond acceptors (Lipinski definition) is 5. The Hall–Kier alpha value is -2.60. The molecule has 0 unspecified atom stereocenters. The van der Waals surface area contributed by atoms with E-state index in [-0.39, 0.29) is 5.91 Å². The van der Waals surface area contributed by atoms with Crippen LogP contribution in [0, 0.1) is 5.92 Å². The van der Waals surface area contributed by atoms with Crippen LogP contribution in [-0.4, -0.2) is 49.6 Å². The Bertz CT molecular complexity index is 759. The van der Waals surface area contributed by atoms with Crippen molar-refractivity contribution in [2.75, 3.05) is 33.9 Å². The average molecular weight is 383 g/mol. The second kappa shape index (κ2) is 10.1. The molecule has 2 aromatic rings. The number of hydrogen-bond donors (Lipinski definition) is 1. The van der Waals surface area contributed by atoms with Crippen LogP contribution in [0.15, 0.2) is 42.7 Å². The van der Waals surface area contributed by atoms with Gasteiger partial charge in [0.05, 0.1) is 20.6 Å². The summed E-state index contributed by atoms with van der Waals surface area (Å²) >= 11 is 0.